The first-order valence-electron chi connectivity index (χ1n) is 9.02. The van der Waals surface area contributed by atoms with Gasteiger partial charge in [0.15, 0.2) is 10.2 Å². The Kier molecular flexibility index (Phi) is 5.32. The summed E-state index contributed by atoms with van der Waals surface area (Å²) in [7, 11) is 4.07. The molecule has 0 aromatic carbocycles. The van der Waals surface area contributed by atoms with Crippen molar-refractivity contribution in [1.82, 2.24) is 29.5 Å². The van der Waals surface area contributed by atoms with Gasteiger partial charge in [0.2, 0.25) is 0 Å². The SMILES string of the molecule is CN1CCN([C@@H]2CN(Cc3ccc(Sc4nncn4C)o3)C[C@H]2O)CC1. The highest BCUT2D eigenvalue weighted by molar-refractivity contribution is 7.99. The first-order chi connectivity index (χ1) is 12.6. The normalized spacial score (nSPS) is 26.0. The van der Waals surface area contributed by atoms with Crippen LogP contribution in [-0.4, -0.2) is 93.0 Å². The highest BCUT2D eigenvalue weighted by Crippen LogP contribution is 2.28. The lowest BCUT2D eigenvalue weighted by Crippen LogP contribution is -2.52. The van der Waals surface area contributed by atoms with Crippen LogP contribution in [0.5, 0.6) is 0 Å². The van der Waals surface area contributed by atoms with Crippen molar-refractivity contribution in [2.75, 3.05) is 46.3 Å². The molecular formula is C17H26N6O2S. The number of likely N-dealkylation sites (tertiary alicyclic amines) is 1. The second-order valence-corrected chi connectivity index (χ2v) is 8.19. The zero-order chi connectivity index (χ0) is 18.1. The number of nitrogens with zero attached hydrogens (tertiary/aromatic N) is 6. The minimum absolute atomic E-state index is 0.228. The maximum absolute atomic E-state index is 10.5. The van der Waals surface area contributed by atoms with Gasteiger partial charge in [-0.15, -0.1) is 10.2 Å². The van der Waals surface area contributed by atoms with Crippen LogP contribution in [0.4, 0.5) is 0 Å². The molecule has 0 bridgehead atoms. The molecule has 1 N–H and O–H groups in total. The number of aromatic nitrogens is 3. The van der Waals surface area contributed by atoms with E-state index in [9.17, 15) is 5.11 Å². The van der Waals surface area contributed by atoms with Crippen molar-refractivity contribution < 1.29 is 9.52 Å². The molecule has 142 valence electrons. The second-order valence-electron chi connectivity index (χ2n) is 7.22. The zero-order valence-corrected chi connectivity index (χ0v) is 16.1. The van der Waals surface area contributed by atoms with Crippen molar-refractivity contribution in [1.29, 1.82) is 0 Å². The summed E-state index contributed by atoms with van der Waals surface area (Å²) in [5.74, 6) is 0.917. The monoisotopic (exact) mass is 378 g/mol. The van der Waals surface area contributed by atoms with Crippen molar-refractivity contribution in [2.24, 2.45) is 7.05 Å². The van der Waals surface area contributed by atoms with E-state index in [1.54, 1.807) is 6.33 Å². The number of furan rings is 1. The van der Waals surface area contributed by atoms with Crippen LogP contribution >= 0.6 is 11.8 Å². The fourth-order valence-electron chi connectivity index (χ4n) is 3.66. The first kappa shape index (κ1) is 18.0. The molecule has 0 radical (unpaired) electrons. The Balaban J connectivity index is 1.33. The van der Waals surface area contributed by atoms with Crippen LogP contribution in [-0.2, 0) is 13.6 Å². The summed E-state index contributed by atoms with van der Waals surface area (Å²) in [5.41, 5.74) is 0. The first-order valence-corrected chi connectivity index (χ1v) is 9.84. The van der Waals surface area contributed by atoms with Gasteiger partial charge in [-0.2, -0.15) is 0 Å². The van der Waals surface area contributed by atoms with Crippen LogP contribution < -0.4 is 0 Å². The van der Waals surface area contributed by atoms with E-state index in [0.717, 1.165) is 55.3 Å². The van der Waals surface area contributed by atoms with Crippen LogP contribution in [0.2, 0.25) is 0 Å². The number of aliphatic hydroxyl groups is 1. The number of hydrogen-bond acceptors (Lipinski definition) is 8. The predicted octanol–water partition coefficient (Wildman–Crippen LogP) is 0.352. The van der Waals surface area contributed by atoms with Crippen LogP contribution in [0, 0.1) is 0 Å². The van der Waals surface area contributed by atoms with E-state index < -0.39 is 0 Å². The standard InChI is InChI=1S/C17H26N6O2S/c1-20-5-7-23(8-6-20)14-10-22(11-15(14)24)9-13-3-4-16(25-13)26-17-19-18-12-21(17)2/h3-4,12,14-15,24H,5-11H2,1-2H3/t14-,15-/m1/s1. The largest absolute Gasteiger partial charge is 0.453 e. The Bertz CT molecular complexity index is 726. The van der Waals surface area contributed by atoms with E-state index in [-0.39, 0.29) is 12.1 Å². The average molecular weight is 379 g/mol. The highest BCUT2D eigenvalue weighted by atomic mass is 32.2. The van der Waals surface area contributed by atoms with Crippen molar-refractivity contribution in [2.45, 2.75) is 28.9 Å². The maximum Gasteiger partial charge on any atom is 0.198 e. The van der Waals surface area contributed by atoms with E-state index in [1.165, 1.54) is 11.8 Å². The summed E-state index contributed by atoms with van der Waals surface area (Å²) in [6.45, 7) is 6.52. The summed E-state index contributed by atoms with van der Waals surface area (Å²) in [5, 5.41) is 20.1. The van der Waals surface area contributed by atoms with Gasteiger partial charge in [-0.3, -0.25) is 9.80 Å². The molecule has 9 heteroatoms. The Labute approximate surface area is 157 Å². The molecule has 0 amide bonds. The minimum atomic E-state index is -0.291. The summed E-state index contributed by atoms with van der Waals surface area (Å²) in [6, 6.07) is 4.21. The van der Waals surface area contributed by atoms with Crippen molar-refractivity contribution in [3.05, 3.63) is 24.2 Å². The molecule has 2 aromatic rings. The molecule has 2 saturated heterocycles. The van der Waals surface area contributed by atoms with Gasteiger partial charge in [-0.05, 0) is 30.9 Å². The minimum Gasteiger partial charge on any atom is -0.453 e. The summed E-state index contributed by atoms with van der Waals surface area (Å²) >= 11 is 1.47. The van der Waals surface area contributed by atoms with Gasteiger partial charge in [0, 0.05) is 52.4 Å². The Morgan fingerprint density at radius 1 is 1.19 bits per heavy atom. The summed E-state index contributed by atoms with van der Waals surface area (Å²) in [4.78, 5) is 7.06. The van der Waals surface area contributed by atoms with Gasteiger partial charge in [0.25, 0.3) is 0 Å². The molecule has 26 heavy (non-hydrogen) atoms. The number of aryl methyl sites for hydroxylation is 1. The quantitative estimate of drug-likeness (QED) is 0.799. The fourth-order valence-corrected chi connectivity index (χ4v) is 4.41. The van der Waals surface area contributed by atoms with E-state index in [2.05, 4.69) is 31.9 Å². The molecule has 4 rings (SSSR count). The number of likely N-dealkylation sites (N-methyl/N-ethyl adjacent to an activating group) is 1. The third kappa shape index (κ3) is 3.96. The third-order valence-electron chi connectivity index (χ3n) is 5.22. The summed E-state index contributed by atoms with van der Waals surface area (Å²) < 4.78 is 7.81. The van der Waals surface area contributed by atoms with E-state index in [1.807, 2.05) is 23.7 Å². The molecule has 2 aromatic heterocycles. The molecule has 0 saturated carbocycles. The van der Waals surface area contributed by atoms with Gasteiger partial charge < -0.3 is 19.0 Å². The Morgan fingerprint density at radius 2 is 2.00 bits per heavy atom. The van der Waals surface area contributed by atoms with Gasteiger partial charge in [-0.25, -0.2) is 0 Å². The molecule has 2 fully saturated rings. The molecule has 2 aliphatic rings. The molecule has 0 unspecified atom stereocenters. The van der Waals surface area contributed by atoms with Crippen LogP contribution in [0.15, 0.2) is 33.1 Å². The van der Waals surface area contributed by atoms with Gasteiger partial charge >= 0.3 is 0 Å². The average Bonchev–Trinajstić information content (AvgIpc) is 3.32. The van der Waals surface area contributed by atoms with Crippen LogP contribution in [0.3, 0.4) is 0 Å². The van der Waals surface area contributed by atoms with E-state index in [0.29, 0.717) is 6.54 Å². The van der Waals surface area contributed by atoms with Crippen molar-refractivity contribution in [3.8, 4) is 0 Å². The van der Waals surface area contributed by atoms with Crippen LogP contribution in [0.25, 0.3) is 0 Å². The molecule has 8 nitrogen and oxygen atoms in total. The lowest BCUT2D eigenvalue weighted by molar-refractivity contribution is 0.0512. The molecule has 0 spiro atoms. The predicted molar refractivity (Wildman–Crippen MR) is 98.0 cm³/mol. The maximum atomic E-state index is 10.5. The number of hydrogen-bond donors (Lipinski definition) is 1. The number of β-amino-alcohol motifs (C(OH)–C–C–N with tert-alkyl or cyclic N) is 1. The number of rotatable bonds is 5. The molecule has 2 aliphatic heterocycles. The van der Waals surface area contributed by atoms with Gasteiger partial charge in [0.1, 0.15) is 12.1 Å². The van der Waals surface area contributed by atoms with E-state index in [4.69, 9.17) is 4.42 Å². The Hall–Kier alpha value is -1.39. The second kappa shape index (κ2) is 7.69. The Morgan fingerprint density at radius 3 is 2.73 bits per heavy atom. The molecule has 0 aliphatic carbocycles. The molecule has 4 heterocycles. The molecular weight excluding hydrogens is 352 g/mol. The number of piperazine rings is 1. The smallest absolute Gasteiger partial charge is 0.198 e. The topological polar surface area (TPSA) is 73.8 Å². The molecule has 2 atom stereocenters. The highest BCUT2D eigenvalue weighted by Gasteiger charge is 2.36. The van der Waals surface area contributed by atoms with E-state index >= 15 is 0 Å². The lowest BCUT2D eigenvalue weighted by Gasteiger charge is -2.37. The van der Waals surface area contributed by atoms with Gasteiger partial charge in [-0.1, -0.05) is 0 Å². The van der Waals surface area contributed by atoms with Crippen molar-refractivity contribution >= 4 is 11.8 Å². The number of aliphatic hydroxyl groups excluding tert-OH is 1. The zero-order valence-electron chi connectivity index (χ0n) is 15.3. The van der Waals surface area contributed by atoms with Gasteiger partial charge in [0.05, 0.1) is 12.6 Å². The lowest BCUT2D eigenvalue weighted by atomic mass is 10.1. The van der Waals surface area contributed by atoms with Crippen LogP contribution in [0.1, 0.15) is 5.76 Å². The summed E-state index contributed by atoms with van der Waals surface area (Å²) in [6.07, 6.45) is 1.39. The fraction of sp³-hybridized carbons (Fsp3) is 0.647. The van der Waals surface area contributed by atoms with Crippen molar-refractivity contribution in [3.63, 3.8) is 0 Å². The third-order valence-corrected chi connectivity index (χ3v) is 6.19.